The van der Waals surface area contributed by atoms with Gasteiger partial charge < -0.3 is 28.8 Å². The number of allylic oxidation sites excluding steroid dienone is 21. The van der Waals surface area contributed by atoms with Crippen molar-refractivity contribution in [1.82, 2.24) is 5.32 Å². The van der Waals surface area contributed by atoms with E-state index in [-0.39, 0.29) is 18.9 Å². The van der Waals surface area contributed by atoms with Crippen LogP contribution in [0.5, 0.6) is 0 Å². The van der Waals surface area contributed by atoms with Gasteiger partial charge in [-0.05, 0) is 89.9 Å². The lowest BCUT2D eigenvalue weighted by atomic mass is 10.1. The maximum Gasteiger partial charge on any atom is 0.268 e. The molecule has 0 heterocycles. The quantitative estimate of drug-likeness (QED) is 0.0282. The summed E-state index contributed by atoms with van der Waals surface area (Å²) in [7, 11) is 1.17. The number of likely N-dealkylation sites (N-methyl/N-ethyl adjacent to an activating group) is 1. The number of phosphoric acid groups is 1. The predicted octanol–water partition coefficient (Wildman–Crippen LogP) is 11.4. The lowest BCUT2D eigenvalue weighted by molar-refractivity contribution is -0.870. The molecule has 0 aromatic rings. The molecular weight excluding hydrogens is 744 g/mol. The summed E-state index contributed by atoms with van der Waals surface area (Å²) in [6.45, 7) is 4.30. The molecule has 0 aromatic carbocycles. The Labute approximate surface area is 354 Å². The van der Waals surface area contributed by atoms with Gasteiger partial charge in [-0.1, -0.05) is 154 Å². The Bertz CT molecular complexity index is 1390. The summed E-state index contributed by atoms with van der Waals surface area (Å²) in [5.41, 5.74) is 0. The van der Waals surface area contributed by atoms with E-state index in [1.54, 1.807) is 6.08 Å². The first-order chi connectivity index (χ1) is 28.0. The molecule has 2 N–H and O–H groups in total. The predicted molar refractivity (Wildman–Crippen MR) is 246 cm³/mol. The zero-order valence-corrected chi connectivity index (χ0v) is 37.6. The van der Waals surface area contributed by atoms with Gasteiger partial charge >= 0.3 is 0 Å². The van der Waals surface area contributed by atoms with Gasteiger partial charge in [0.1, 0.15) is 13.2 Å². The Kier molecular flexibility index (Phi) is 36.9. The van der Waals surface area contributed by atoms with Gasteiger partial charge in [0.25, 0.3) is 7.82 Å². The van der Waals surface area contributed by atoms with E-state index in [0.717, 1.165) is 89.9 Å². The third-order valence-electron chi connectivity index (χ3n) is 8.33. The van der Waals surface area contributed by atoms with E-state index in [0.29, 0.717) is 17.4 Å². The van der Waals surface area contributed by atoms with Gasteiger partial charge in [0.2, 0.25) is 5.91 Å². The van der Waals surface area contributed by atoms with Crippen LogP contribution in [-0.2, 0) is 18.4 Å². The van der Waals surface area contributed by atoms with Crippen molar-refractivity contribution in [3.8, 4) is 0 Å². The number of aliphatic hydroxyl groups is 1. The van der Waals surface area contributed by atoms with Crippen LogP contribution in [0.1, 0.15) is 117 Å². The molecule has 0 saturated carbocycles. The van der Waals surface area contributed by atoms with Gasteiger partial charge in [-0.3, -0.25) is 9.36 Å². The molecule has 0 aliphatic heterocycles. The van der Waals surface area contributed by atoms with E-state index < -0.39 is 26.6 Å². The minimum Gasteiger partial charge on any atom is -0.756 e. The lowest BCUT2D eigenvalue weighted by Gasteiger charge is -2.29. The van der Waals surface area contributed by atoms with Crippen LogP contribution in [0, 0.1) is 0 Å². The van der Waals surface area contributed by atoms with Crippen LogP contribution in [0.25, 0.3) is 0 Å². The van der Waals surface area contributed by atoms with Crippen molar-refractivity contribution >= 4 is 13.7 Å². The van der Waals surface area contributed by atoms with Crippen molar-refractivity contribution in [1.29, 1.82) is 0 Å². The summed E-state index contributed by atoms with van der Waals surface area (Å²) in [5, 5.41) is 13.6. The molecule has 9 heteroatoms. The summed E-state index contributed by atoms with van der Waals surface area (Å²) in [6, 6.07) is -0.941. The minimum atomic E-state index is -4.61. The van der Waals surface area contributed by atoms with E-state index >= 15 is 0 Å². The zero-order chi connectivity index (χ0) is 42.8. The van der Waals surface area contributed by atoms with Crippen LogP contribution in [-0.4, -0.2) is 68.5 Å². The third-order valence-corrected chi connectivity index (χ3v) is 9.29. The van der Waals surface area contributed by atoms with Crippen molar-refractivity contribution in [2.24, 2.45) is 0 Å². The molecule has 0 aromatic heterocycles. The molecule has 58 heavy (non-hydrogen) atoms. The lowest BCUT2D eigenvalue weighted by Crippen LogP contribution is -2.45. The Morgan fingerprint density at radius 2 is 1.03 bits per heavy atom. The summed E-state index contributed by atoms with van der Waals surface area (Å²) >= 11 is 0. The molecule has 1 amide bonds. The van der Waals surface area contributed by atoms with Crippen molar-refractivity contribution < 1.29 is 32.9 Å². The SMILES string of the molecule is CC/C=C\C/C=C\C/C=C\C/C=C\C/C=C\C/C=C\C/C=C\C/C=C\C/C=C\CCCC(=O)NC(COP(=O)([O-])OCC[N+](C)(C)C)C(O)/C=C/CC/C=C/CCC. The van der Waals surface area contributed by atoms with E-state index in [9.17, 15) is 19.4 Å². The average Bonchev–Trinajstić information content (AvgIpc) is 3.17. The standard InChI is InChI=1S/C49H79N2O6P/c1-6-8-10-12-14-15-16-17-18-19-20-21-22-23-24-25-26-27-28-29-30-31-32-33-34-35-37-39-41-43-49(53)50-47(48(52)42-40-38-36-13-11-9-7-2)46-57-58(54,55)56-45-44-51(3,4)5/h8,10-11,13-15,17-18,20-21,23-24,26-27,29-30,32-33,35,37,40,42,47-48,52H,6-7,9,12,16,19,22,25,28,31,34,36,38-39,41,43-46H2,1-5H3,(H-,50,53,54,55)/b10-8-,13-11+,15-14-,18-17-,21-20-,24-23-,27-26-,30-29-,33-32-,37-35-,42-40+. The highest BCUT2D eigenvalue weighted by Gasteiger charge is 2.23. The minimum absolute atomic E-state index is 0.0264. The number of unbranched alkanes of at least 4 members (excludes halogenated alkanes) is 3. The molecule has 0 fully saturated rings. The Balaban J connectivity index is 4.36. The van der Waals surface area contributed by atoms with Gasteiger partial charge in [0.15, 0.2) is 0 Å². The molecule has 0 saturated heterocycles. The average molecular weight is 823 g/mol. The number of hydrogen-bond donors (Lipinski definition) is 2. The number of rotatable bonds is 36. The summed E-state index contributed by atoms with van der Waals surface area (Å²) < 4.78 is 23.0. The third kappa shape index (κ3) is 40.8. The fourth-order valence-corrected chi connectivity index (χ4v) is 5.66. The number of quaternary nitrogens is 1. The van der Waals surface area contributed by atoms with E-state index in [4.69, 9.17) is 9.05 Å². The van der Waals surface area contributed by atoms with E-state index in [1.165, 1.54) is 0 Å². The van der Waals surface area contributed by atoms with Crippen molar-refractivity contribution in [2.45, 2.75) is 129 Å². The van der Waals surface area contributed by atoms with Gasteiger partial charge in [-0.15, -0.1) is 0 Å². The van der Waals surface area contributed by atoms with Crippen LogP contribution in [0.4, 0.5) is 0 Å². The molecule has 0 aliphatic rings. The maximum absolute atomic E-state index is 12.7. The second kappa shape index (κ2) is 39.1. The Hall–Kier alpha value is -3.36. The first-order valence-electron chi connectivity index (χ1n) is 21.5. The highest BCUT2D eigenvalue weighted by Crippen LogP contribution is 2.38. The first-order valence-corrected chi connectivity index (χ1v) is 23.0. The van der Waals surface area contributed by atoms with Crippen molar-refractivity contribution in [3.05, 3.63) is 134 Å². The van der Waals surface area contributed by atoms with Crippen molar-refractivity contribution in [3.63, 3.8) is 0 Å². The molecule has 326 valence electrons. The van der Waals surface area contributed by atoms with Crippen LogP contribution in [0.2, 0.25) is 0 Å². The highest BCUT2D eigenvalue weighted by molar-refractivity contribution is 7.45. The van der Waals surface area contributed by atoms with Crippen molar-refractivity contribution in [2.75, 3.05) is 40.9 Å². The zero-order valence-electron chi connectivity index (χ0n) is 36.7. The van der Waals surface area contributed by atoms with E-state index in [1.807, 2.05) is 27.2 Å². The second-order valence-corrected chi connectivity index (χ2v) is 16.4. The number of phosphoric ester groups is 1. The number of carbonyl (C=O) groups excluding carboxylic acids is 1. The monoisotopic (exact) mass is 823 g/mol. The number of nitrogens with one attached hydrogen (secondary N) is 1. The highest BCUT2D eigenvalue weighted by atomic mass is 31.2. The Morgan fingerprint density at radius 1 is 0.621 bits per heavy atom. The molecular formula is C49H79N2O6P. The van der Waals surface area contributed by atoms with Crippen LogP contribution >= 0.6 is 7.82 Å². The topological polar surface area (TPSA) is 108 Å². The van der Waals surface area contributed by atoms with E-state index in [2.05, 4.69) is 141 Å². The summed E-state index contributed by atoms with van der Waals surface area (Å²) in [5.74, 6) is -0.278. The van der Waals surface area contributed by atoms with Gasteiger partial charge in [-0.25, -0.2) is 0 Å². The number of aliphatic hydroxyl groups excluding tert-OH is 1. The number of nitrogens with zero attached hydrogens (tertiary/aromatic N) is 1. The molecule has 3 unspecified atom stereocenters. The normalized spacial score (nSPS) is 15.6. The van der Waals surface area contributed by atoms with Gasteiger partial charge in [-0.2, -0.15) is 0 Å². The fraction of sp³-hybridized carbons (Fsp3) is 0.531. The van der Waals surface area contributed by atoms with Gasteiger partial charge in [0.05, 0.1) is 39.9 Å². The van der Waals surface area contributed by atoms with Gasteiger partial charge in [0, 0.05) is 6.42 Å². The van der Waals surface area contributed by atoms with Crippen LogP contribution < -0.4 is 10.2 Å². The molecule has 0 rings (SSSR count). The fourth-order valence-electron chi connectivity index (χ4n) is 4.94. The maximum atomic E-state index is 12.7. The molecule has 0 bridgehead atoms. The smallest absolute Gasteiger partial charge is 0.268 e. The second-order valence-electron chi connectivity index (χ2n) is 14.9. The number of hydrogen-bond acceptors (Lipinski definition) is 6. The summed E-state index contributed by atoms with van der Waals surface area (Å²) in [6.07, 6.45) is 59.8. The molecule has 8 nitrogen and oxygen atoms in total. The molecule has 3 atom stereocenters. The molecule has 0 spiro atoms. The number of amides is 1. The number of carbonyl (C=O) groups is 1. The molecule has 0 radical (unpaired) electrons. The summed E-state index contributed by atoms with van der Waals surface area (Å²) in [4.78, 5) is 25.1. The largest absolute Gasteiger partial charge is 0.756 e. The molecule has 0 aliphatic carbocycles. The van der Waals surface area contributed by atoms with Crippen LogP contribution in [0.3, 0.4) is 0 Å². The van der Waals surface area contributed by atoms with Crippen LogP contribution in [0.15, 0.2) is 134 Å². The Morgan fingerprint density at radius 3 is 1.48 bits per heavy atom. The first kappa shape index (κ1) is 54.6.